The second-order valence-corrected chi connectivity index (χ2v) is 3.87. The summed E-state index contributed by atoms with van der Waals surface area (Å²) >= 11 is 0. The lowest BCUT2D eigenvalue weighted by molar-refractivity contribution is 0.386. The average Bonchev–Trinajstić information content (AvgIpc) is 2.57. The molecule has 0 radical (unpaired) electrons. The molecule has 0 saturated heterocycles. The molecule has 3 heteroatoms. The van der Waals surface area contributed by atoms with Gasteiger partial charge < -0.3 is 10.1 Å². The Balaban J connectivity index is 2.26. The number of benzene rings is 1. The summed E-state index contributed by atoms with van der Waals surface area (Å²) in [6.07, 6.45) is 4.13. The average molecular weight is 221 g/mol. The minimum Gasteiger partial charge on any atom is -0.494 e. The van der Waals surface area contributed by atoms with Gasteiger partial charge in [-0.2, -0.15) is 0 Å². The molecule has 86 valence electrons. The fraction of sp³-hybridized carbons (Fsp3) is 0.385. The maximum absolute atomic E-state index is 13.5. The van der Waals surface area contributed by atoms with Crippen LogP contribution >= 0.6 is 0 Å². The molecule has 0 atom stereocenters. The Morgan fingerprint density at radius 1 is 1.31 bits per heavy atom. The highest BCUT2D eigenvalue weighted by molar-refractivity contribution is 5.66. The van der Waals surface area contributed by atoms with E-state index in [1.165, 1.54) is 12.7 Å². The third-order valence-electron chi connectivity index (χ3n) is 2.81. The van der Waals surface area contributed by atoms with Crippen molar-refractivity contribution in [2.24, 2.45) is 0 Å². The van der Waals surface area contributed by atoms with Crippen molar-refractivity contribution < 1.29 is 9.13 Å². The first kappa shape index (κ1) is 11.1. The van der Waals surface area contributed by atoms with Crippen LogP contribution in [0.3, 0.4) is 0 Å². The summed E-state index contributed by atoms with van der Waals surface area (Å²) in [7, 11) is 1.48. The summed E-state index contributed by atoms with van der Waals surface area (Å²) in [6, 6.07) is 5.15. The molecule has 0 saturated carbocycles. The van der Waals surface area contributed by atoms with E-state index in [0.29, 0.717) is 5.75 Å². The molecule has 0 bridgehead atoms. The Kier molecular flexibility index (Phi) is 3.57. The third-order valence-corrected chi connectivity index (χ3v) is 2.81. The van der Waals surface area contributed by atoms with Crippen molar-refractivity contribution in [2.45, 2.75) is 12.8 Å². The van der Waals surface area contributed by atoms with E-state index in [4.69, 9.17) is 4.74 Å². The van der Waals surface area contributed by atoms with Crippen molar-refractivity contribution in [3.05, 3.63) is 35.7 Å². The van der Waals surface area contributed by atoms with Crippen molar-refractivity contribution in [1.82, 2.24) is 5.32 Å². The Hall–Kier alpha value is -1.35. The summed E-state index contributed by atoms with van der Waals surface area (Å²) in [5, 5.41) is 3.31. The number of halogens is 1. The molecule has 0 aromatic heterocycles. The summed E-state index contributed by atoms with van der Waals surface area (Å²) in [6.45, 7) is 1.96. The largest absolute Gasteiger partial charge is 0.494 e. The first-order valence-corrected chi connectivity index (χ1v) is 5.55. The smallest absolute Gasteiger partial charge is 0.165 e. The Bertz CT molecular complexity index is 401. The standard InChI is InChI=1S/C13H16FNO/c1-16-13-5-4-11(9-12(13)14)10-3-2-7-15-8-6-10/h3-5,9,15H,2,6-8H2,1H3. The molecule has 0 fully saturated rings. The quantitative estimate of drug-likeness (QED) is 0.828. The zero-order valence-corrected chi connectivity index (χ0v) is 9.42. The van der Waals surface area contributed by atoms with E-state index in [0.717, 1.165) is 31.5 Å². The molecule has 2 rings (SSSR count). The normalized spacial score (nSPS) is 16.5. The number of hydrogen-bond acceptors (Lipinski definition) is 2. The van der Waals surface area contributed by atoms with E-state index >= 15 is 0 Å². The molecule has 1 aromatic carbocycles. The van der Waals surface area contributed by atoms with Gasteiger partial charge in [-0.3, -0.25) is 0 Å². The second kappa shape index (κ2) is 5.12. The van der Waals surface area contributed by atoms with Crippen LogP contribution in [0.1, 0.15) is 18.4 Å². The lowest BCUT2D eigenvalue weighted by atomic mass is 10.0. The van der Waals surface area contributed by atoms with E-state index in [-0.39, 0.29) is 5.82 Å². The Labute approximate surface area is 95.1 Å². The van der Waals surface area contributed by atoms with Crippen molar-refractivity contribution in [3.63, 3.8) is 0 Å². The zero-order chi connectivity index (χ0) is 11.4. The van der Waals surface area contributed by atoms with Gasteiger partial charge in [0.1, 0.15) is 0 Å². The van der Waals surface area contributed by atoms with Crippen LogP contribution in [0.25, 0.3) is 5.57 Å². The van der Waals surface area contributed by atoms with Crippen LogP contribution in [-0.4, -0.2) is 20.2 Å². The first-order valence-electron chi connectivity index (χ1n) is 5.55. The summed E-state index contributed by atoms with van der Waals surface area (Å²) < 4.78 is 18.4. The van der Waals surface area contributed by atoms with Crippen molar-refractivity contribution in [2.75, 3.05) is 20.2 Å². The minimum absolute atomic E-state index is 0.293. The molecule has 0 amide bonds. The predicted octanol–water partition coefficient (Wildman–Crippen LogP) is 2.60. The number of rotatable bonds is 2. The van der Waals surface area contributed by atoms with Crippen molar-refractivity contribution in [3.8, 4) is 5.75 Å². The highest BCUT2D eigenvalue weighted by Crippen LogP contribution is 2.25. The summed E-state index contributed by atoms with van der Waals surface area (Å²) in [5.41, 5.74) is 2.17. The van der Waals surface area contributed by atoms with Gasteiger partial charge in [-0.1, -0.05) is 12.1 Å². The second-order valence-electron chi connectivity index (χ2n) is 3.87. The summed E-state index contributed by atoms with van der Waals surface area (Å²) in [5.74, 6) is 0.00852. The molecule has 1 heterocycles. The van der Waals surface area contributed by atoms with Gasteiger partial charge in [0, 0.05) is 0 Å². The van der Waals surface area contributed by atoms with Crippen molar-refractivity contribution in [1.29, 1.82) is 0 Å². The fourth-order valence-corrected chi connectivity index (χ4v) is 1.93. The molecule has 0 spiro atoms. The monoisotopic (exact) mass is 221 g/mol. The number of nitrogens with one attached hydrogen (secondary N) is 1. The van der Waals surface area contributed by atoms with Gasteiger partial charge in [-0.15, -0.1) is 0 Å². The van der Waals surface area contributed by atoms with Crippen LogP contribution in [0.2, 0.25) is 0 Å². The summed E-state index contributed by atoms with van der Waals surface area (Å²) in [4.78, 5) is 0. The molecule has 16 heavy (non-hydrogen) atoms. The molecule has 1 N–H and O–H groups in total. The van der Waals surface area contributed by atoms with E-state index in [1.807, 2.05) is 6.07 Å². The molecule has 0 unspecified atom stereocenters. The van der Waals surface area contributed by atoms with Gasteiger partial charge in [0.05, 0.1) is 7.11 Å². The Morgan fingerprint density at radius 3 is 2.94 bits per heavy atom. The lowest BCUT2D eigenvalue weighted by Gasteiger charge is -2.08. The Morgan fingerprint density at radius 2 is 2.19 bits per heavy atom. The van der Waals surface area contributed by atoms with Gasteiger partial charge in [0.2, 0.25) is 0 Å². The molecule has 1 aliphatic rings. The van der Waals surface area contributed by atoms with Crippen LogP contribution in [0.15, 0.2) is 24.3 Å². The minimum atomic E-state index is -0.293. The maximum Gasteiger partial charge on any atom is 0.165 e. The van der Waals surface area contributed by atoms with Crippen LogP contribution in [0, 0.1) is 5.82 Å². The van der Waals surface area contributed by atoms with Crippen LogP contribution in [-0.2, 0) is 0 Å². The van der Waals surface area contributed by atoms with Crippen LogP contribution < -0.4 is 10.1 Å². The van der Waals surface area contributed by atoms with Crippen molar-refractivity contribution >= 4 is 5.57 Å². The molecular weight excluding hydrogens is 205 g/mol. The van der Waals surface area contributed by atoms with E-state index in [2.05, 4.69) is 11.4 Å². The SMILES string of the molecule is COc1ccc(C2=CCCNCC2)cc1F. The van der Waals surface area contributed by atoms with E-state index in [1.54, 1.807) is 12.1 Å². The number of methoxy groups -OCH3 is 1. The van der Waals surface area contributed by atoms with E-state index < -0.39 is 0 Å². The first-order chi connectivity index (χ1) is 7.81. The van der Waals surface area contributed by atoms with Gasteiger partial charge in [-0.05, 0) is 49.2 Å². The topological polar surface area (TPSA) is 21.3 Å². The molecule has 1 aromatic rings. The lowest BCUT2D eigenvalue weighted by Crippen LogP contribution is -2.13. The highest BCUT2D eigenvalue weighted by Gasteiger charge is 2.08. The zero-order valence-electron chi connectivity index (χ0n) is 9.42. The van der Waals surface area contributed by atoms with Crippen LogP contribution in [0.5, 0.6) is 5.75 Å². The van der Waals surface area contributed by atoms with Gasteiger partial charge >= 0.3 is 0 Å². The van der Waals surface area contributed by atoms with Gasteiger partial charge in [-0.25, -0.2) is 4.39 Å². The number of ether oxygens (including phenoxy) is 1. The van der Waals surface area contributed by atoms with Gasteiger partial charge in [0.25, 0.3) is 0 Å². The highest BCUT2D eigenvalue weighted by atomic mass is 19.1. The molecule has 2 nitrogen and oxygen atoms in total. The maximum atomic E-state index is 13.5. The number of hydrogen-bond donors (Lipinski definition) is 1. The van der Waals surface area contributed by atoms with Gasteiger partial charge in [0.15, 0.2) is 11.6 Å². The molecular formula is C13H16FNO. The third kappa shape index (κ3) is 2.42. The molecule has 0 aliphatic carbocycles. The van der Waals surface area contributed by atoms with Crippen LogP contribution in [0.4, 0.5) is 4.39 Å². The van der Waals surface area contributed by atoms with E-state index in [9.17, 15) is 4.39 Å². The molecule has 1 aliphatic heterocycles. The fourth-order valence-electron chi connectivity index (χ4n) is 1.93. The predicted molar refractivity (Wildman–Crippen MR) is 63.0 cm³/mol.